The normalized spacial score (nSPS) is 17.0. The van der Waals surface area contributed by atoms with Gasteiger partial charge in [0, 0.05) is 31.7 Å². The first-order valence-electron chi connectivity index (χ1n) is 8.45. The average molecular weight is 355 g/mol. The Morgan fingerprint density at radius 1 is 1.20 bits per heavy atom. The van der Waals surface area contributed by atoms with Crippen LogP contribution in [0.3, 0.4) is 0 Å². The number of carbonyl (C=O) groups is 2. The predicted molar refractivity (Wildman–Crippen MR) is 87.6 cm³/mol. The SMILES string of the molecule is O=C(O)CCCOc1ccc(CNC(=O)C2CCC(F)(F)CC2)cc1. The molecule has 138 valence electrons. The van der Waals surface area contributed by atoms with Gasteiger partial charge in [-0.1, -0.05) is 12.1 Å². The minimum Gasteiger partial charge on any atom is -0.494 e. The van der Waals surface area contributed by atoms with E-state index in [-0.39, 0.29) is 43.9 Å². The first-order valence-corrected chi connectivity index (χ1v) is 8.45. The maximum atomic E-state index is 13.1. The molecule has 1 aliphatic carbocycles. The third-order valence-electron chi connectivity index (χ3n) is 4.28. The van der Waals surface area contributed by atoms with Gasteiger partial charge < -0.3 is 15.2 Å². The molecule has 0 radical (unpaired) electrons. The Labute approximate surface area is 145 Å². The molecule has 1 aromatic rings. The maximum Gasteiger partial charge on any atom is 0.303 e. The van der Waals surface area contributed by atoms with E-state index < -0.39 is 11.9 Å². The van der Waals surface area contributed by atoms with Gasteiger partial charge in [-0.3, -0.25) is 9.59 Å². The fourth-order valence-electron chi connectivity index (χ4n) is 2.75. The van der Waals surface area contributed by atoms with E-state index in [0.29, 0.717) is 25.3 Å². The lowest BCUT2D eigenvalue weighted by molar-refractivity contribution is -0.137. The lowest BCUT2D eigenvalue weighted by Crippen LogP contribution is -2.35. The summed E-state index contributed by atoms with van der Waals surface area (Å²) in [6.45, 7) is 0.666. The van der Waals surface area contributed by atoms with Gasteiger partial charge in [0.25, 0.3) is 0 Å². The number of alkyl halides is 2. The van der Waals surface area contributed by atoms with E-state index in [2.05, 4.69) is 5.32 Å². The Balaban J connectivity index is 1.70. The van der Waals surface area contributed by atoms with Crippen LogP contribution in [0.2, 0.25) is 0 Å². The number of amides is 1. The zero-order chi connectivity index (χ0) is 18.3. The second kappa shape index (κ2) is 8.78. The van der Waals surface area contributed by atoms with Crippen LogP contribution in [0.5, 0.6) is 5.75 Å². The number of carboxylic acid groups (broad SMARTS) is 1. The van der Waals surface area contributed by atoms with Gasteiger partial charge in [-0.2, -0.15) is 0 Å². The van der Waals surface area contributed by atoms with Crippen LogP contribution in [-0.2, 0) is 16.1 Å². The van der Waals surface area contributed by atoms with Gasteiger partial charge in [0.2, 0.25) is 11.8 Å². The van der Waals surface area contributed by atoms with Crippen LogP contribution in [0.15, 0.2) is 24.3 Å². The summed E-state index contributed by atoms with van der Waals surface area (Å²) in [5, 5.41) is 11.3. The highest BCUT2D eigenvalue weighted by Crippen LogP contribution is 2.36. The number of rotatable bonds is 8. The number of hydrogen-bond acceptors (Lipinski definition) is 3. The van der Waals surface area contributed by atoms with Crippen molar-refractivity contribution >= 4 is 11.9 Å². The molecule has 0 saturated heterocycles. The van der Waals surface area contributed by atoms with Crippen molar-refractivity contribution in [2.45, 2.75) is 51.0 Å². The summed E-state index contributed by atoms with van der Waals surface area (Å²) in [6, 6.07) is 7.12. The van der Waals surface area contributed by atoms with Crippen molar-refractivity contribution in [3.05, 3.63) is 29.8 Å². The molecule has 2 N–H and O–H groups in total. The van der Waals surface area contributed by atoms with Crippen LogP contribution in [0.4, 0.5) is 8.78 Å². The summed E-state index contributed by atoms with van der Waals surface area (Å²) in [7, 11) is 0. The van der Waals surface area contributed by atoms with E-state index in [1.165, 1.54) is 0 Å². The molecule has 0 spiro atoms. The molecule has 0 atom stereocenters. The Hall–Kier alpha value is -2.18. The maximum absolute atomic E-state index is 13.1. The molecular weight excluding hydrogens is 332 g/mol. The highest BCUT2D eigenvalue weighted by molar-refractivity contribution is 5.78. The van der Waals surface area contributed by atoms with Gasteiger partial charge in [0.1, 0.15) is 5.75 Å². The van der Waals surface area contributed by atoms with E-state index in [1.807, 2.05) is 12.1 Å². The molecule has 0 heterocycles. The number of benzene rings is 1. The molecule has 5 nitrogen and oxygen atoms in total. The van der Waals surface area contributed by atoms with Crippen molar-refractivity contribution in [2.75, 3.05) is 6.61 Å². The molecule has 2 rings (SSSR count). The third-order valence-corrected chi connectivity index (χ3v) is 4.28. The van der Waals surface area contributed by atoms with Gasteiger partial charge in [-0.25, -0.2) is 8.78 Å². The molecule has 0 aromatic heterocycles. The van der Waals surface area contributed by atoms with Gasteiger partial charge in [0.05, 0.1) is 6.61 Å². The van der Waals surface area contributed by atoms with Crippen LogP contribution in [0.25, 0.3) is 0 Å². The lowest BCUT2D eigenvalue weighted by atomic mass is 9.86. The van der Waals surface area contributed by atoms with E-state index in [0.717, 1.165) is 5.56 Å². The minimum absolute atomic E-state index is 0.0667. The third kappa shape index (κ3) is 6.68. The number of carboxylic acids is 1. The fourth-order valence-corrected chi connectivity index (χ4v) is 2.75. The molecule has 7 heteroatoms. The van der Waals surface area contributed by atoms with Gasteiger partial charge in [-0.05, 0) is 37.0 Å². The smallest absolute Gasteiger partial charge is 0.303 e. The van der Waals surface area contributed by atoms with Gasteiger partial charge in [-0.15, -0.1) is 0 Å². The number of hydrogen-bond donors (Lipinski definition) is 2. The molecule has 0 aliphatic heterocycles. The Kier molecular flexibility index (Phi) is 6.73. The molecule has 0 unspecified atom stereocenters. The zero-order valence-electron chi connectivity index (χ0n) is 14.0. The number of nitrogens with one attached hydrogen (secondary N) is 1. The summed E-state index contributed by atoms with van der Waals surface area (Å²) < 4.78 is 31.6. The molecule has 1 amide bonds. The zero-order valence-corrected chi connectivity index (χ0v) is 14.0. The Bertz CT molecular complexity index is 579. The van der Waals surface area contributed by atoms with Crippen molar-refractivity contribution in [1.29, 1.82) is 0 Å². The van der Waals surface area contributed by atoms with E-state index in [1.54, 1.807) is 12.1 Å². The van der Waals surface area contributed by atoms with Crippen LogP contribution >= 0.6 is 0 Å². The van der Waals surface area contributed by atoms with Crippen molar-refractivity contribution in [2.24, 2.45) is 5.92 Å². The van der Waals surface area contributed by atoms with Gasteiger partial charge in [0.15, 0.2) is 0 Å². The Morgan fingerprint density at radius 3 is 2.44 bits per heavy atom. The molecule has 25 heavy (non-hydrogen) atoms. The highest BCUT2D eigenvalue weighted by atomic mass is 19.3. The number of ether oxygens (including phenoxy) is 1. The quantitative estimate of drug-likeness (QED) is 0.701. The fraction of sp³-hybridized carbons (Fsp3) is 0.556. The summed E-state index contributed by atoms with van der Waals surface area (Å²) in [5.41, 5.74) is 0.882. The molecule has 0 bridgehead atoms. The average Bonchev–Trinajstić information content (AvgIpc) is 2.57. The van der Waals surface area contributed by atoms with Crippen LogP contribution in [0.1, 0.15) is 44.1 Å². The first-order chi connectivity index (χ1) is 11.9. The second-order valence-electron chi connectivity index (χ2n) is 6.34. The van der Waals surface area contributed by atoms with Gasteiger partial charge >= 0.3 is 5.97 Å². The summed E-state index contributed by atoms with van der Waals surface area (Å²) in [5.74, 6) is -3.36. The van der Waals surface area contributed by atoms with Crippen molar-refractivity contribution in [1.82, 2.24) is 5.32 Å². The summed E-state index contributed by atoms with van der Waals surface area (Å²) >= 11 is 0. The highest BCUT2D eigenvalue weighted by Gasteiger charge is 2.37. The monoisotopic (exact) mass is 355 g/mol. The standard InChI is InChI=1S/C18H23F2NO4/c19-18(20)9-7-14(8-10-18)17(24)21-12-13-3-5-15(6-4-13)25-11-1-2-16(22)23/h3-6,14H,1-2,7-12H2,(H,21,24)(H,22,23). The van der Waals surface area contributed by atoms with Crippen molar-refractivity contribution < 1.29 is 28.2 Å². The largest absolute Gasteiger partial charge is 0.494 e. The van der Waals surface area contributed by atoms with Crippen LogP contribution < -0.4 is 10.1 Å². The second-order valence-corrected chi connectivity index (χ2v) is 6.34. The number of aliphatic carboxylic acids is 1. The molecule has 1 aromatic carbocycles. The topological polar surface area (TPSA) is 75.6 Å². The first kappa shape index (κ1) is 19.1. The molecular formula is C18H23F2NO4. The van der Waals surface area contributed by atoms with E-state index >= 15 is 0 Å². The molecule has 1 aliphatic rings. The summed E-state index contributed by atoms with van der Waals surface area (Å²) in [6.07, 6.45) is 0.507. The number of carbonyl (C=O) groups excluding carboxylic acids is 1. The Morgan fingerprint density at radius 2 is 1.84 bits per heavy atom. The number of halogens is 2. The predicted octanol–water partition coefficient (Wildman–Crippen LogP) is 3.37. The molecule has 1 fully saturated rings. The summed E-state index contributed by atoms with van der Waals surface area (Å²) in [4.78, 5) is 22.5. The van der Waals surface area contributed by atoms with Crippen molar-refractivity contribution in [3.8, 4) is 5.75 Å². The van der Waals surface area contributed by atoms with E-state index in [4.69, 9.17) is 9.84 Å². The van der Waals surface area contributed by atoms with Crippen molar-refractivity contribution in [3.63, 3.8) is 0 Å². The molecule has 1 saturated carbocycles. The van der Waals surface area contributed by atoms with Crippen LogP contribution in [-0.4, -0.2) is 29.5 Å². The minimum atomic E-state index is -2.63. The van der Waals surface area contributed by atoms with E-state index in [9.17, 15) is 18.4 Å². The lowest BCUT2D eigenvalue weighted by Gasteiger charge is -2.27. The van der Waals surface area contributed by atoms with Crippen LogP contribution in [0, 0.1) is 5.92 Å².